The van der Waals surface area contributed by atoms with Crippen molar-refractivity contribution in [1.29, 1.82) is 5.26 Å². The van der Waals surface area contributed by atoms with E-state index in [1.165, 1.54) is 12.8 Å². The molecule has 0 saturated heterocycles. The Hall–Kier alpha value is -1.63. The molecule has 0 saturated carbocycles. The van der Waals surface area contributed by atoms with Crippen LogP contribution in [-0.2, 0) is 0 Å². The number of hydrogen-bond donors (Lipinski definition) is 0. The Morgan fingerprint density at radius 1 is 1.28 bits per heavy atom. The van der Waals surface area contributed by atoms with Crippen molar-refractivity contribution < 1.29 is 0 Å². The van der Waals surface area contributed by atoms with Crippen molar-refractivity contribution in [1.82, 2.24) is 9.97 Å². The minimum absolute atomic E-state index is 0.233. The van der Waals surface area contributed by atoms with Crippen LogP contribution >= 0.6 is 0 Å². The monoisotopic (exact) mass is 246 g/mol. The summed E-state index contributed by atoms with van der Waals surface area (Å²) in [5, 5.41) is 8.69. The van der Waals surface area contributed by atoms with E-state index in [2.05, 4.69) is 35.6 Å². The summed E-state index contributed by atoms with van der Waals surface area (Å²) in [7, 11) is 0. The van der Waals surface area contributed by atoms with E-state index in [1.807, 2.05) is 6.07 Å². The predicted molar refractivity (Wildman–Crippen MR) is 73.3 cm³/mol. The molecule has 1 heterocycles. The van der Waals surface area contributed by atoms with Crippen molar-refractivity contribution >= 4 is 5.69 Å². The van der Waals surface area contributed by atoms with Crippen molar-refractivity contribution in [2.75, 3.05) is 18.0 Å². The van der Waals surface area contributed by atoms with Crippen LogP contribution < -0.4 is 4.90 Å². The van der Waals surface area contributed by atoms with E-state index in [4.69, 9.17) is 5.26 Å². The summed E-state index contributed by atoms with van der Waals surface area (Å²) >= 11 is 0. The highest BCUT2D eigenvalue weighted by molar-refractivity contribution is 5.42. The lowest BCUT2D eigenvalue weighted by atomic mass is 10.1. The van der Waals surface area contributed by atoms with Gasteiger partial charge in [0.15, 0.2) is 0 Å². The molecule has 0 amide bonds. The molecule has 18 heavy (non-hydrogen) atoms. The van der Waals surface area contributed by atoms with E-state index >= 15 is 0 Å². The van der Waals surface area contributed by atoms with E-state index < -0.39 is 0 Å². The van der Waals surface area contributed by atoms with Crippen molar-refractivity contribution in [2.45, 2.75) is 40.0 Å². The molecule has 0 aliphatic carbocycles. The lowest BCUT2D eigenvalue weighted by molar-refractivity contribution is 0.509. The third-order valence-corrected chi connectivity index (χ3v) is 3.19. The van der Waals surface area contributed by atoms with Gasteiger partial charge in [0.2, 0.25) is 5.82 Å². The fourth-order valence-corrected chi connectivity index (χ4v) is 1.76. The highest BCUT2D eigenvalue weighted by Crippen LogP contribution is 2.15. The molecule has 0 radical (unpaired) electrons. The van der Waals surface area contributed by atoms with Gasteiger partial charge in [-0.25, -0.2) is 9.97 Å². The van der Waals surface area contributed by atoms with Gasteiger partial charge in [0.1, 0.15) is 6.07 Å². The van der Waals surface area contributed by atoms with E-state index in [0.29, 0.717) is 0 Å². The Kier molecular flexibility index (Phi) is 6.13. The Bertz CT molecular complexity index is 380. The summed E-state index contributed by atoms with van der Waals surface area (Å²) < 4.78 is 0. The average Bonchev–Trinajstić information content (AvgIpc) is 2.43. The maximum atomic E-state index is 8.69. The Balaban J connectivity index is 2.67. The molecule has 1 rings (SSSR count). The highest BCUT2D eigenvalue weighted by atomic mass is 15.1. The van der Waals surface area contributed by atoms with Crippen molar-refractivity contribution in [3.05, 3.63) is 18.2 Å². The summed E-state index contributed by atoms with van der Waals surface area (Å²) in [5.74, 6) is 0.973. The Morgan fingerprint density at radius 3 is 2.44 bits per heavy atom. The van der Waals surface area contributed by atoms with Gasteiger partial charge >= 0.3 is 0 Å². The largest absolute Gasteiger partial charge is 0.369 e. The molecule has 0 bridgehead atoms. The zero-order valence-corrected chi connectivity index (χ0v) is 11.6. The van der Waals surface area contributed by atoms with Crippen molar-refractivity contribution in [3.8, 4) is 6.07 Å². The van der Waals surface area contributed by atoms with Crippen LogP contribution in [0.3, 0.4) is 0 Å². The Morgan fingerprint density at radius 2 is 1.94 bits per heavy atom. The highest BCUT2D eigenvalue weighted by Gasteiger charge is 2.08. The van der Waals surface area contributed by atoms with Crippen LogP contribution in [-0.4, -0.2) is 23.1 Å². The molecular weight excluding hydrogens is 224 g/mol. The number of nitriles is 1. The number of anilines is 1. The van der Waals surface area contributed by atoms with Gasteiger partial charge < -0.3 is 4.90 Å². The first-order valence-electron chi connectivity index (χ1n) is 6.68. The fraction of sp³-hybridized carbons (Fsp3) is 0.643. The quantitative estimate of drug-likeness (QED) is 0.742. The first kappa shape index (κ1) is 14.4. The molecule has 1 atom stereocenters. The molecule has 4 nitrogen and oxygen atoms in total. The summed E-state index contributed by atoms with van der Waals surface area (Å²) in [6.45, 7) is 8.70. The minimum atomic E-state index is 0.233. The second-order valence-corrected chi connectivity index (χ2v) is 4.67. The molecule has 0 N–H and O–H groups in total. The van der Waals surface area contributed by atoms with Crippen LogP contribution in [0.4, 0.5) is 5.69 Å². The first-order chi connectivity index (χ1) is 8.71. The topological polar surface area (TPSA) is 52.8 Å². The summed E-state index contributed by atoms with van der Waals surface area (Å²) in [5.41, 5.74) is 1.01. The number of hydrogen-bond acceptors (Lipinski definition) is 4. The lowest BCUT2D eigenvalue weighted by Crippen LogP contribution is -2.26. The standard InChI is InChI=1S/C14H22N4/c1-4-7-18(8-6-12(3)5-2)13-10-16-14(9-15)17-11-13/h10-12H,4-8H2,1-3H3. The molecule has 1 aromatic rings. The number of aromatic nitrogens is 2. The molecule has 0 fully saturated rings. The van der Waals surface area contributed by atoms with Crippen molar-refractivity contribution in [2.24, 2.45) is 5.92 Å². The third-order valence-electron chi connectivity index (χ3n) is 3.19. The van der Waals surface area contributed by atoms with Gasteiger partial charge in [-0.2, -0.15) is 5.26 Å². The Labute approximate surface area is 110 Å². The van der Waals surface area contributed by atoms with E-state index in [9.17, 15) is 0 Å². The minimum Gasteiger partial charge on any atom is -0.369 e. The van der Waals surface area contributed by atoms with E-state index in [1.54, 1.807) is 12.4 Å². The summed E-state index contributed by atoms with van der Waals surface area (Å²) in [4.78, 5) is 10.4. The second kappa shape index (κ2) is 7.65. The fourth-order valence-electron chi connectivity index (χ4n) is 1.76. The van der Waals surface area contributed by atoms with Gasteiger partial charge in [0.25, 0.3) is 0 Å². The molecule has 1 unspecified atom stereocenters. The van der Waals surface area contributed by atoms with Crippen LogP contribution in [0, 0.1) is 17.2 Å². The predicted octanol–water partition coefficient (Wildman–Crippen LogP) is 3.00. The van der Waals surface area contributed by atoms with Crippen LogP contribution in [0.15, 0.2) is 12.4 Å². The first-order valence-corrected chi connectivity index (χ1v) is 6.68. The molecule has 0 aliphatic heterocycles. The van der Waals surface area contributed by atoms with Gasteiger partial charge in [0.05, 0.1) is 18.1 Å². The SMILES string of the molecule is CCCN(CCC(C)CC)c1cnc(C#N)nc1. The van der Waals surface area contributed by atoms with Gasteiger partial charge in [-0.15, -0.1) is 0 Å². The maximum absolute atomic E-state index is 8.69. The zero-order chi connectivity index (χ0) is 13.4. The molecule has 4 heteroatoms. The van der Waals surface area contributed by atoms with Crippen LogP contribution in [0.5, 0.6) is 0 Å². The van der Waals surface area contributed by atoms with Gasteiger partial charge in [-0.05, 0) is 18.8 Å². The van der Waals surface area contributed by atoms with E-state index in [0.717, 1.165) is 31.1 Å². The van der Waals surface area contributed by atoms with Gasteiger partial charge in [0, 0.05) is 13.1 Å². The molecule has 98 valence electrons. The van der Waals surface area contributed by atoms with E-state index in [-0.39, 0.29) is 5.82 Å². The lowest BCUT2D eigenvalue weighted by Gasteiger charge is -2.24. The maximum Gasteiger partial charge on any atom is 0.232 e. The smallest absolute Gasteiger partial charge is 0.232 e. The average molecular weight is 246 g/mol. The third kappa shape index (κ3) is 4.33. The molecular formula is C14H22N4. The zero-order valence-electron chi connectivity index (χ0n) is 11.6. The van der Waals surface area contributed by atoms with Crippen LogP contribution in [0.2, 0.25) is 0 Å². The molecule has 0 aliphatic rings. The second-order valence-electron chi connectivity index (χ2n) is 4.67. The van der Waals surface area contributed by atoms with Crippen molar-refractivity contribution in [3.63, 3.8) is 0 Å². The van der Waals surface area contributed by atoms with Crippen LogP contribution in [0.25, 0.3) is 0 Å². The summed E-state index contributed by atoms with van der Waals surface area (Å²) in [6.07, 6.45) is 6.98. The molecule has 0 aromatic carbocycles. The van der Waals surface area contributed by atoms with Gasteiger partial charge in [-0.3, -0.25) is 0 Å². The number of rotatable bonds is 7. The van der Waals surface area contributed by atoms with Crippen LogP contribution in [0.1, 0.15) is 45.9 Å². The van der Waals surface area contributed by atoms with Gasteiger partial charge in [-0.1, -0.05) is 27.2 Å². The molecule has 0 spiro atoms. The summed E-state index contributed by atoms with van der Waals surface area (Å²) in [6, 6.07) is 1.94. The number of nitrogens with zero attached hydrogens (tertiary/aromatic N) is 4. The normalized spacial score (nSPS) is 11.9. The molecule has 1 aromatic heterocycles.